The Hall–Kier alpha value is -1.04. The first-order valence-corrected chi connectivity index (χ1v) is 7.68. The van der Waals surface area contributed by atoms with E-state index >= 15 is 0 Å². The Balaban J connectivity index is 1.86. The molecule has 0 saturated heterocycles. The number of anilines is 1. The van der Waals surface area contributed by atoms with Gasteiger partial charge in [0.2, 0.25) is 0 Å². The van der Waals surface area contributed by atoms with E-state index in [2.05, 4.69) is 20.9 Å². The standard InChI is InChI=1S/C14H15BrN2OS/c15-11-1-3-13(4-2-11)19-9-12(18)7-10-8-17-6-5-14(10)16/h1-6,8,12,18H,7,9H2,(H2,16,17). The van der Waals surface area contributed by atoms with Gasteiger partial charge in [0.15, 0.2) is 0 Å². The van der Waals surface area contributed by atoms with Crippen molar-refractivity contribution in [3.05, 3.63) is 52.8 Å². The smallest absolute Gasteiger partial charge is 0.0675 e. The summed E-state index contributed by atoms with van der Waals surface area (Å²) < 4.78 is 1.06. The number of pyridine rings is 1. The number of hydrogen-bond donors (Lipinski definition) is 2. The molecule has 0 aliphatic carbocycles. The maximum Gasteiger partial charge on any atom is 0.0675 e. The number of nitrogens with zero attached hydrogens (tertiary/aromatic N) is 1. The first kappa shape index (κ1) is 14.4. The third-order valence-electron chi connectivity index (χ3n) is 2.65. The van der Waals surface area contributed by atoms with Gasteiger partial charge in [0.05, 0.1) is 6.10 Å². The molecule has 0 spiro atoms. The number of nitrogens with two attached hydrogens (primary N) is 1. The van der Waals surface area contributed by atoms with Gasteiger partial charge >= 0.3 is 0 Å². The number of nitrogen functional groups attached to an aromatic ring is 1. The highest BCUT2D eigenvalue weighted by Crippen LogP contribution is 2.22. The predicted molar refractivity (Wildman–Crippen MR) is 83.2 cm³/mol. The van der Waals surface area contributed by atoms with Crippen molar-refractivity contribution in [2.45, 2.75) is 17.4 Å². The molecular weight excluding hydrogens is 324 g/mol. The summed E-state index contributed by atoms with van der Waals surface area (Å²) in [5.41, 5.74) is 7.41. The zero-order valence-electron chi connectivity index (χ0n) is 10.3. The number of hydrogen-bond acceptors (Lipinski definition) is 4. The van der Waals surface area contributed by atoms with Crippen LogP contribution in [0.4, 0.5) is 5.69 Å². The summed E-state index contributed by atoms with van der Waals surface area (Å²) in [6.45, 7) is 0. The molecule has 0 fully saturated rings. The van der Waals surface area contributed by atoms with Crippen LogP contribution in [-0.4, -0.2) is 21.9 Å². The van der Waals surface area contributed by atoms with E-state index in [1.807, 2.05) is 24.3 Å². The normalized spacial score (nSPS) is 12.3. The summed E-state index contributed by atoms with van der Waals surface area (Å²) in [6, 6.07) is 9.80. The van der Waals surface area contributed by atoms with Crippen LogP contribution in [-0.2, 0) is 6.42 Å². The van der Waals surface area contributed by atoms with Crippen molar-refractivity contribution in [3.63, 3.8) is 0 Å². The number of thioether (sulfide) groups is 1. The molecule has 3 nitrogen and oxygen atoms in total. The first-order valence-electron chi connectivity index (χ1n) is 5.90. The molecule has 1 aromatic carbocycles. The zero-order valence-corrected chi connectivity index (χ0v) is 12.7. The van der Waals surface area contributed by atoms with Crippen LogP contribution < -0.4 is 5.73 Å². The van der Waals surface area contributed by atoms with Crippen molar-refractivity contribution < 1.29 is 5.11 Å². The minimum atomic E-state index is -0.430. The molecule has 2 rings (SSSR count). The molecule has 100 valence electrons. The Labute approximate surface area is 125 Å². The van der Waals surface area contributed by atoms with E-state index in [-0.39, 0.29) is 0 Å². The molecule has 5 heteroatoms. The Morgan fingerprint density at radius 1 is 1.26 bits per heavy atom. The highest BCUT2D eigenvalue weighted by molar-refractivity contribution is 9.10. The molecule has 0 radical (unpaired) electrons. The molecule has 1 aromatic heterocycles. The largest absolute Gasteiger partial charge is 0.398 e. The summed E-state index contributed by atoms with van der Waals surface area (Å²) in [4.78, 5) is 5.16. The van der Waals surface area contributed by atoms with Crippen LogP contribution in [0.3, 0.4) is 0 Å². The molecule has 0 saturated carbocycles. The van der Waals surface area contributed by atoms with Gasteiger partial charge in [-0.25, -0.2) is 0 Å². The minimum absolute atomic E-state index is 0.430. The Morgan fingerprint density at radius 3 is 2.68 bits per heavy atom. The van der Waals surface area contributed by atoms with Crippen molar-refractivity contribution in [2.24, 2.45) is 0 Å². The average Bonchev–Trinajstić information content (AvgIpc) is 2.41. The molecule has 0 bridgehead atoms. The minimum Gasteiger partial charge on any atom is -0.398 e. The second-order valence-corrected chi connectivity index (χ2v) is 6.21. The molecule has 3 N–H and O–H groups in total. The van der Waals surface area contributed by atoms with Gasteiger partial charge < -0.3 is 10.8 Å². The van der Waals surface area contributed by atoms with E-state index in [0.29, 0.717) is 17.9 Å². The lowest BCUT2D eigenvalue weighted by Gasteiger charge is -2.11. The highest BCUT2D eigenvalue weighted by atomic mass is 79.9. The van der Waals surface area contributed by atoms with Gasteiger partial charge in [-0.05, 0) is 35.9 Å². The van der Waals surface area contributed by atoms with Gasteiger partial charge in [-0.15, -0.1) is 11.8 Å². The Kier molecular flexibility index (Phi) is 5.24. The summed E-state index contributed by atoms with van der Waals surface area (Å²) in [5, 5.41) is 10.0. The zero-order chi connectivity index (χ0) is 13.7. The summed E-state index contributed by atoms with van der Waals surface area (Å²) in [5.74, 6) is 0.635. The maximum atomic E-state index is 10.0. The summed E-state index contributed by atoms with van der Waals surface area (Å²) in [6.07, 6.45) is 3.47. The van der Waals surface area contributed by atoms with Crippen LogP contribution in [0.25, 0.3) is 0 Å². The number of benzene rings is 1. The fraction of sp³-hybridized carbons (Fsp3) is 0.214. The second kappa shape index (κ2) is 6.93. The van der Waals surface area contributed by atoms with Crippen molar-refractivity contribution in [2.75, 3.05) is 11.5 Å². The fourth-order valence-corrected chi connectivity index (χ4v) is 2.74. The molecule has 0 aliphatic heterocycles. The molecule has 1 unspecified atom stereocenters. The average molecular weight is 339 g/mol. The Morgan fingerprint density at radius 2 is 2.00 bits per heavy atom. The molecular formula is C14H15BrN2OS. The monoisotopic (exact) mass is 338 g/mol. The van der Waals surface area contributed by atoms with Crippen molar-refractivity contribution in [1.82, 2.24) is 4.98 Å². The molecule has 2 aromatic rings. The van der Waals surface area contributed by atoms with Crippen molar-refractivity contribution in [3.8, 4) is 0 Å². The van der Waals surface area contributed by atoms with E-state index in [9.17, 15) is 5.11 Å². The van der Waals surface area contributed by atoms with Crippen LogP contribution in [0.5, 0.6) is 0 Å². The number of aliphatic hydroxyl groups excluding tert-OH is 1. The van der Waals surface area contributed by atoms with E-state index in [4.69, 9.17) is 5.73 Å². The van der Waals surface area contributed by atoms with Crippen LogP contribution in [0.2, 0.25) is 0 Å². The Bertz CT molecular complexity index is 533. The van der Waals surface area contributed by atoms with Gasteiger partial charge in [-0.1, -0.05) is 15.9 Å². The first-order chi connectivity index (χ1) is 9.15. The molecule has 1 heterocycles. The predicted octanol–water partition coefficient (Wildman–Crippen LogP) is 3.12. The molecule has 0 aliphatic rings. The summed E-state index contributed by atoms with van der Waals surface area (Å²) in [7, 11) is 0. The number of halogens is 1. The van der Waals surface area contributed by atoms with Crippen LogP contribution >= 0.6 is 27.7 Å². The highest BCUT2D eigenvalue weighted by Gasteiger charge is 2.09. The summed E-state index contributed by atoms with van der Waals surface area (Å²) >= 11 is 5.03. The quantitative estimate of drug-likeness (QED) is 0.822. The molecule has 0 amide bonds. The number of aliphatic hydroxyl groups is 1. The topological polar surface area (TPSA) is 59.1 Å². The van der Waals surface area contributed by atoms with E-state index < -0.39 is 6.10 Å². The van der Waals surface area contributed by atoms with Crippen molar-refractivity contribution >= 4 is 33.4 Å². The molecule has 1 atom stereocenters. The van der Waals surface area contributed by atoms with Crippen LogP contribution in [0, 0.1) is 0 Å². The van der Waals surface area contributed by atoms with E-state index in [0.717, 1.165) is 14.9 Å². The number of rotatable bonds is 5. The second-order valence-electron chi connectivity index (χ2n) is 4.20. The molecule has 19 heavy (non-hydrogen) atoms. The third-order valence-corrected chi connectivity index (χ3v) is 4.34. The SMILES string of the molecule is Nc1ccncc1CC(O)CSc1ccc(Br)cc1. The van der Waals surface area contributed by atoms with Gasteiger partial charge in [0, 0.05) is 39.6 Å². The maximum absolute atomic E-state index is 10.0. The lowest BCUT2D eigenvalue weighted by atomic mass is 10.1. The lowest BCUT2D eigenvalue weighted by molar-refractivity contribution is 0.200. The van der Waals surface area contributed by atoms with E-state index in [1.54, 1.807) is 30.2 Å². The van der Waals surface area contributed by atoms with Gasteiger partial charge in [0.25, 0.3) is 0 Å². The number of aromatic nitrogens is 1. The van der Waals surface area contributed by atoms with Gasteiger partial charge in [0.1, 0.15) is 0 Å². The van der Waals surface area contributed by atoms with Crippen molar-refractivity contribution in [1.29, 1.82) is 0 Å². The lowest BCUT2D eigenvalue weighted by Crippen LogP contribution is -2.14. The van der Waals surface area contributed by atoms with Crippen LogP contribution in [0.15, 0.2) is 52.1 Å². The fourth-order valence-electron chi connectivity index (χ4n) is 1.64. The van der Waals surface area contributed by atoms with Gasteiger partial charge in [-0.2, -0.15) is 0 Å². The van der Waals surface area contributed by atoms with E-state index in [1.165, 1.54) is 0 Å². The van der Waals surface area contributed by atoms with Crippen LogP contribution in [0.1, 0.15) is 5.56 Å². The van der Waals surface area contributed by atoms with Gasteiger partial charge in [-0.3, -0.25) is 4.98 Å². The third kappa shape index (κ3) is 4.53.